The monoisotopic (exact) mass is 898 g/mol. The van der Waals surface area contributed by atoms with Crippen LogP contribution in [0.25, 0.3) is 0 Å². The predicted octanol–water partition coefficient (Wildman–Crippen LogP) is 17.0. The average molecular weight is 898 g/mol. The SMILES string of the molecule is CCCCCC/C=C\C/C=C\CCCCCCCC(=O)OCCCC/C=C\CCCCCCCC(=O)NC(CO)C(O)/C=C/CCCCCCCCCCCCCCCCCCCC. The summed E-state index contributed by atoms with van der Waals surface area (Å²) in [6.07, 6.45) is 66.9. The number of esters is 1. The standard InChI is InChI=1S/C58H107NO5/c1-3-5-7-9-11-13-15-17-19-21-22-23-24-25-27-30-34-38-42-46-50-56(61)55(54-60)59-57(62)51-47-43-39-35-31-29-33-37-41-45-49-53-64-58(63)52-48-44-40-36-32-28-26-20-18-16-14-12-10-8-6-4-2/h14,16,20,26,33,37,46,50,55-56,60-61H,3-13,15,17-19,21-25,27-32,34-36,38-45,47-49,51-54H2,1-2H3,(H,59,62)/b16-14-,26-20-,37-33-,50-46+. The number of aliphatic hydroxyl groups is 2. The molecule has 374 valence electrons. The van der Waals surface area contributed by atoms with Crippen LogP contribution in [-0.2, 0) is 14.3 Å². The fourth-order valence-electron chi connectivity index (χ4n) is 8.25. The third-order valence-corrected chi connectivity index (χ3v) is 12.6. The number of nitrogens with one attached hydrogen (secondary N) is 1. The molecule has 64 heavy (non-hydrogen) atoms. The molecule has 0 saturated heterocycles. The van der Waals surface area contributed by atoms with E-state index < -0.39 is 12.1 Å². The van der Waals surface area contributed by atoms with Crippen molar-refractivity contribution in [3.63, 3.8) is 0 Å². The van der Waals surface area contributed by atoms with Gasteiger partial charge in [-0.05, 0) is 89.9 Å². The molecule has 0 aromatic rings. The van der Waals surface area contributed by atoms with Crippen LogP contribution in [0.5, 0.6) is 0 Å². The van der Waals surface area contributed by atoms with Crippen LogP contribution in [0.15, 0.2) is 48.6 Å². The highest BCUT2D eigenvalue weighted by atomic mass is 16.5. The smallest absolute Gasteiger partial charge is 0.305 e. The highest BCUT2D eigenvalue weighted by molar-refractivity contribution is 5.76. The first-order valence-corrected chi connectivity index (χ1v) is 27.9. The minimum atomic E-state index is -0.865. The topological polar surface area (TPSA) is 95.9 Å². The molecule has 0 aromatic carbocycles. The number of allylic oxidation sites excluding steroid dienone is 7. The first kappa shape index (κ1) is 61.8. The van der Waals surface area contributed by atoms with Crippen LogP contribution in [0.2, 0.25) is 0 Å². The van der Waals surface area contributed by atoms with E-state index in [9.17, 15) is 19.8 Å². The number of hydrogen-bond donors (Lipinski definition) is 3. The molecule has 2 atom stereocenters. The third-order valence-electron chi connectivity index (χ3n) is 12.6. The van der Waals surface area contributed by atoms with Gasteiger partial charge in [0.2, 0.25) is 5.91 Å². The van der Waals surface area contributed by atoms with E-state index in [4.69, 9.17) is 4.74 Å². The fourth-order valence-corrected chi connectivity index (χ4v) is 8.25. The number of rotatable bonds is 51. The summed E-state index contributed by atoms with van der Waals surface area (Å²) in [6.45, 7) is 4.80. The van der Waals surface area contributed by atoms with Crippen molar-refractivity contribution in [3.8, 4) is 0 Å². The van der Waals surface area contributed by atoms with E-state index in [0.717, 1.165) is 96.3 Å². The molecule has 0 aliphatic rings. The van der Waals surface area contributed by atoms with Gasteiger partial charge in [0.25, 0.3) is 0 Å². The number of aliphatic hydroxyl groups excluding tert-OH is 2. The molecule has 0 aliphatic heterocycles. The van der Waals surface area contributed by atoms with Gasteiger partial charge in [-0.15, -0.1) is 0 Å². The van der Waals surface area contributed by atoms with Crippen molar-refractivity contribution < 1.29 is 24.5 Å². The maximum Gasteiger partial charge on any atom is 0.305 e. The molecule has 0 fully saturated rings. The maximum absolute atomic E-state index is 12.5. The average Bonchev–Trinajstić information content (AvgIpc) is 3.29. The van der Waals surface area contributed by atoms with E-state index in [1.165, 1.54) is 161 Å². The summed E-state index contributed by atoms with van der Waals surface area (Å²) in [4.78, 5) is 24.5. The Labute approximate surface area is 397 Å². The normalized spacial score (nSPS) is 13.0. The summed E-state index contributed by atoms with van der Waals surface area (Å²) in [6, 6.07) is -0.651. The lowest BCUT2D eigenvalue weighted by Crippen LogP contribution is -2.45. The number of amides is 1. The van der Waals surface area contributed by atoms with Crippen molar-refractivity contribution in [1.82, 2.24) is 5.32 Å². The zero-order chi connectivity index (χ0) is 46.5. The van der Waals surface area contributed by atoms with E-state index in [2.05, 4.69) is 55.6 Å². The summed E-state index contributed by atoms with van der Waals surface area (Å²) < 4.78 is 5.43. The molecule has 0 radical (unpaired) electrons. The van der Waals surface area contributed by atoms with Crippen molar-refractivity contribution >= 4 is 11.9 Å². The molecule has 0 heterocycles. The molecule has 0 saturated carbocycles. The van der Waals surface area contributed by atoms with Crippen LogP contribution in [0.3, 0.4) is 0 Å². The van der Waals surface area contributed by atoms with Crippen molar-refractivity contribution in [2.45, 2.75) is 296 Å². The highest BCUT2D eigenvalue weighted by Gasteiger charge is 2.18. The van der Waals surface area contributed by atoms with E-state index in [1.54, 1.807) is 6.08 Å². The Balaban J connectivity index is 3.56. The lowest BCUT2D eigenvalue weighted by Gasteiger charge is -2.20. The Morgan fingerprint density at radius 2 is 0.781 bits per heavy atom. The van der Waals surface area contributed by atoms with Gasteiger partial charge in [-0.25, -0.2) is 0 Å². The molecular formula is C58H107NO5. The first-order chi connectivity index (χ1) is 31.5. The summed E-state index contributed by atoms with van der Waals surface area (Å²) in [5.74, 6) is -0.144. The summed E-state index contributed by atoms with van der Waals surface area (Å²) >= 11 is 0. The zero-order valence-electron chi connectivity index (χ0n) is 42.5. The van der Waals surface area contributed by atoms with Crippen LogP contribution < -0.4 is 5.32 Å². The van der Waals surface area contributed by atoms with Gasteiger partial charge in [-0.3, -0.25) is 9.59 Å². The Bertz CT molecular complexity index is 1080. The molecular weight excluding hydrogens is 791 g/mol. The third kappa shape index (κ3) is 49.3. The number of hydrogen-bond acceptors (Lipinski definition) is 5. The van der Waals surface area contributed by atoms with Gasteiger partial charge in [0, 0.05) is 12.8 Å². The second-order valence-corrected chi connectivity index (χ2v) is 18.9. The quantitative estimate of drug-likeness (QED) is 0.0321. The van der Waals surface area contributed by atoms with Crippen molar-refractivity contribution in [3.05, 3.63) is 48.6 Å². The van der Waals surface area contributed by atoms with Crippen LogP contribution in [0, 0.1) is 0 Å². The van der Waals surface area contributed by atoms with Gasteiger partial charge >= 0.3 is 5.97 Å². The fraction of sp³-hybridized carbons (Fsp3) is 0.828. The molecule has 6 nitrogen and oxygen atoms in total. The molecule has 2 unspecified atom stereocenters. The lowest BCUT2D eigenvalue weighted by molar-refractivity contribution is -0.143. The van der Waals surface area contributed by atoms with E-state index in [-0.39, 0.29) is 18.5 Å². The maximum atomic E-state index is 12.5. The van der Waals surface area contributed by atoms with E-state index in [1.807, 2.05) is 6.08 Å². The second-order valence-electron chi connectivity index (χ2n) is 18.9. The van der Waals surface area contributed by atoms with Crippen LogP contribution in [-0.4, -0.2) is 47.4 Å². The minimum Gasteiger partial charge on any atom is -0.466 e. The molecule has 0 spiro atoms. The zero-order valence-corrected chi connectivity index (χ0v) is 42.5. The molecule has 0 aliphatic carbocycles. The number of carbonyl (C=O) groups excluding carboxylic acids is 2. The van der Waals surface area contributed by atoms with Gasteiger partial charge in [-0.2, -0.15) is 0 Å². The molecule has 1 amide bonds. The van der Waals surface area contributed by atoms with Gasteiger partial charge in [0.1, 0.15) is 0 Å². The molecule has 0 bridgehead atoms. The van der Waals surface area contributed by atoms with Crippen molar-refractivity contribution in [1.29, 1.82) is 0 Å². The number of unbranched alkanes of at least 4 members (excludes halogenated alkanes) is 34. The van der Waals surface area contributed by atoms with Gasteiger partial charge in [0.05, 0.1) is 25.4 Å². The molecule has 0 rings (SSSR count). The van der Waals surface area contributed by atoms with Gasteiger partial charge in [-0.1, -0.05) is 229 Å². The van der Waals surface area contributed by atoms with Gasteiger partial charge < -0.3 is 20.3 Å². The number of ether oxygens (including phenoxy) is 1. The number of carbonyl (C=O) groups is 2. The summed E-state index contributed by atoms with van der Waals surface area (Å²) in [5.41, 5.74) is 0. The van der Waals surface area contributed by atoms with Gasteiger partial charge in [0.15, 0.2) is 0 Å². The minimum absolute atomic E-state index is 0.0467. The van der Waals surface area contributed by atoms with Crippen molar-refractivity contribution in [2.24, 2.45) is 0 Å². The molecule has 3 N–H and O–H groups in total. The largest absolute Gasteiger partial charge is 0.466 e. The van der Waals surface area contributed by atoms with E-state index >= 15 is 0 Å². The highest BCUT2D eigenvalue weighted by Crippen LogP contribution is 2.16. The van der Waals surface area contributed by atoms with Crippen LogP contribution in [0.4, 0.5) is 0 Å². The van der Waals surface area contributed by atoms with E-state index in [0.29, 0.717) is 19.4 Å². The predicted molar refractivity (Wildman–Crippen MR) is 278 cm³/mol. The summed E-state index contributed by atoms with van der Waals surface area (Å²) in [7, 11) is 0. The van der Waals surface area contributed by atoms with Crippen LogP contribution in [0.1, 0.15) is 284 Å². The molecule has 0 aromatic heterocycles. The second kappa shape index (κ2) is 53.4. The Kier molecular flexibility index (Phi) is 51.6. The summed E-state index contributed by atoms with van der Waals surface area (Å²) in [5, 5.41) is 23.1. The lowest BCUT2D eigenvalue weighted by atomic mass is 10.0. The Morgan fingerprint density at radius 3 is 1.22 bits per heavy atom. The molecule has 6 heteroatoms. The first-order valence-electron chi connectivity index (χ1n) is 27.9. The Hall–Kier alpha value is -2.18. The van der Waals surface area contributed by atoms with Crippen LogP contribution >= 0.6 is 0 Å². The van der Waals surface area contributed by atoms with Crippen molar-refractivity contribution in [2.75, 3.05) is 13.2 Å². The Morgan fingerprint density at radius 1 is 0.438 bits per heavy atom.